The lowest BCUT2D eigenvalue weighted by atomic mass is 9.99. The molecule has 12 nitrogen and oxygen atoms in total. The number of phenols is 6. The number of aromatic hydroxyl groups is 6. The summed E-state index contributed by atoms with van der Waals surface area (Å²) in [4.78, 5) is 31.1. The SMILES string of the molecule is Oc1ccccc1-c1nc2c3nc(-c4ccccc4O)c(-c4ccccc4O)nc3c3nc(-c4ccccc4O)c(-c4ccccc4O)nc3c2nc1-c1ccccc1O. The number of rotatable bonds is 6. The Labute approximate surface area is 340 Å². The monoisotopic (exact) mass is 786 g/mol. The molecule has 6 N–H and O–H groups in total. The van der Waals surface area contributed by atoms with Crippen LogP contribution < -0.4 is 0 Å². The molecule has 288 valence electrons. The summed E-state index contributed by atoms with van der Waals surface area (Å²) in [6.45, 7) is 0. The summed E-state index contributed by atoms with van der Waals surface area (Å²) in [6, 6.07) is 39.8. The minimum Gasteiger partial charge on any atom is -0.507 e. The van der Waals surface area contributed by atoms with Crippen molar-refractivity contribution in [2.75, 3.05) is 0 Å². The number of hydrogen-bond acceptors (Lipinski definition) is 12. The normalized spacial score (nSPS) is 11.4. The molecule has 0 bridgehead atoms. The molecule has 0 amide bonds. The van der Waals surface area contributed by atoms with Crippen LogP contribution in [0.5, 0.6) is 34.5 Å². The summed E-state index contributed by atoms with van der Waals surface area (Å²) in [6.07, 6.45) is 0. The Morgan fingerprint density at radius 1 is 0.200 bits per heavy atom. The van der Waals surface area contributed by atoms with Gasteiger partial charge in [-0.15, -0.1) is 0 Å². The van der Waals surface area contributed by atoms with Gasteiger partial charge in [0.25, 0.3) is 0 Å². The zero-order valence-corrected chi connectivity index (χ0v) is 31.2. The summed E-state index contributed by atoms with van der Waals surface area (Å²) in [5.41, 5.74) is 4.18. The summed E-state index contributed by atoms with van der Waals surface area (Å²) in [7, 11) is 0. The third-order valence-corrected chi connectivity index (χ3v) is 10.3. The average Bonchev–Trinajstić information content (AvgIpc) is 3.26. The van der Waals surface area contributed by atoms with E-state index < -0.39 is 0 Å². The minimum absolute atomic E-state index is 0.0929. The van der Waals surface area contributed by atoms with Crippen molar-refractivity contribution in [1.82, 2.24) is 29.9 Å². The molecule has 0 aliphatic carbocycles. The highest BCUT2D eigenvalue weighted by atomic mass is 16.3. The molecular weight excluding hydrogens is 757 g/mol. The van der Waals surface area contributed by atoms with Crippen LogP contribution in [-0.4, -0.2) is 60.5 Å². The van der Waals surface area contributed by atoms with Crippen LogP contribution in [0.3, 0.4) is 0 Å². The van der Waals surface area contributed by atoms with E-state index in [-0.39, 0.29) is 102 Å². The van der Waals surface area contributed by atoms with E-state index in [4.69, 9.17) is 29.9 Å². The van der Waals surface area contributed by atoms with Gasteiger partial charge >= 0.3 is 0 Å². The first-order valence-corrected chi connectivity index (χ1v) is 18.7. The Morgan fingerprint density at radius 3 is 0.467 bits per heavy atom. The summed E-state index contributed by atoms with van der Waals surface area (Å²) in [5, 5.41) is 67.5. The van der Waals surface area contributed by atoms with Gasteiger partial charge in [-0.25, -0.2) is 29.9 Å². The maximum atomic E-state index is 11.2. The van der Waals surface area contributed by atoms with Gasteiger partial charge < -0.3 is 30.6 Å². The Bertz CT molecular complexity index is 2770. The third-order valence-electron chi connectivity index (χ3n) is 10.3. The number of nitrogens with zero attached hydrogens (tertiary/aromatic N) is 6. The highest BCUT2D eigenvalue weighted by Crippen LogP contribution is 2.46. The van der Waals surface area contributed by atoms with E-state index in [9.17, 15) is 30.6 Å². The van der Waals surface area contributed by atoms with Gasteiger partial charge in [0.1, 0.15) is 102 Å². The van der Waals surface area contributed by atoms with Gasteiger partial charge in [0.15, 0.2) is 0 Å². The molecule has 12 heteroatoms. The fourth-order valence-corrected chi connectivity index (χ4v) is 7.47. The number of para-hydroxylation sites is 6. The maximum absolute atomic E-state index is 11.2. The van der Waals surface area contributed by atoms with E-state index in [1.54, 1.807) is 109 Å². The molecule has 10 rings (SSSR count). The molecule has 0 atom stereocenters. The second-order valence-electron chi connectivity index (χ2n) is 14.0. The lowest BCUT2D eigenvalue weighted by molar-refractivity contribution is 0.475. The van der Waals surface area contributed by atoms with E-state index in [0.717, 1.165) is 0 Å². The van der Waals surface area contributed by atoms with Crippen LogP contribution in [0.2, 0.25) is 0 Å². The first kappa shape index (κ1) is 35.8. The topological polar surface area (TPSA) is 199 Å². The zero-order chi connectivity index (χ0) is 41.1. The van der Waals surface area contributed by atoms with Crippen LogP contribution in [0.25, 0.3) is 101 Å². The molecule has 0 saturated heterocycles. The fourth-order valence-electron chi connectivity index (χ4n) is 7.47. The minimum atomic E-state index is -0.0929. The Morgan fingerprint density at radius 2 is 0.333 bits per heavy atom. The molecule has 7 aromatic carbocycles. The first-order chi connectivity index (χ1) is 29.3. The van der Waals surface area contributed by atoms with Crippen molar-refractivity contribution in [3.63, 3.8) is 0 Å². The van der Waals surface area contributed by atoms with Crippen LogP contribution in [0.15, 0.2) is 146 Å². The molecule has 3 aromatic heterocycles. The fraction of sp³-hybridized carbons (Fsp3) is 0. The second-order valence-corrected chi connectivity index (χ2v) is 14.0. The largest absolute Gasteiger partial charge is 0.507 e. The summed E-state index contributed by atoms with van der Waals surface area (Å²) < 4.78 is 0. The molecule has 0 aliphatic heterocycles. The predicted molar refractivity (Wildman–Crippen MR) is 228 cm³/mol. The molecule has 10 aromatic rings. The van der Waals surface area contributed by atoms with Crippen molar-refractivity contribution < 1.29 is 30.6 Å². The predicted octanol–water partition coefficient (Wildman–Crippen LogP) is 9.75. The molecular formula is C48H30N6O6. The van der Waals surface area contributed by atoms with Crippen LogP contribution in [0, 0.1) is 0 Å². The van der Waals surface area contributed by atoms with E-state index >= 15 is 0 Å². The van der Waals surface area contributed by atoms with Crippen LogP contribution in [0.1, 0.15) is 0 Å². The van der Waals surface area contributed by atoms with Gasteiger partial charge in [-0.3, -0.25) is 0 Å². The van der Waals surface area contributed by atoms with Gasteiger partial charge in [0, 0.05) is 33.4 Å². The average molecular weight is 787 g/mol. The van der Waals surface area contributed by atoms with Gasteiger partial charge in [-0.1, -0.05) is 72.8 Å². The van der Waals surface area contributed by atoms with E-state index in [0.29, 0.717) is 33.4 Å². The number of hydrogen-bond donors (Lipinski definition) is 6. The smallest absolute Gasteiger partial charge is 0.125 e. The van der Waals surface area contributed by atoms with E-state index in [1.165, 1.54) is 36.4 Å². The Kier molecular flexibility index (Phi) is 8.39. The first-order valence-electron chi connectivity index (χ1n) is 18.7. The Hall–Kier alpha value is -8.64. The highest BCUT2D eigenvalue weighted by Gasteiger charge is 2.28. The number of phenolic OH excluding ortho intramolecular Hbond substituents is 6. The van der Waals surface area contributed by atoms with Crippen molar-refractivity contribution in [3.8, 4) is 102 Å². The molecule has 0 fully saturated rings. The van der Waals surface area contributed by atoms with Crippen LogP contribution >= 0.6 is 0 Å². The van der Waals surface area contributed by atoms with Gasteiger partial charge in [-0.05, 0) is 72.8 Å². The molecule has 60 heavy (non-hydrogen) atoms. The maximum Gasteiger partial charge on any atom is 0.125 e. The quantitative estimate of drug-likeness (QED) is 0.0874. The molecule has 0 spiro atoms. The van der Waals surface area contributed by atoms with Gasteiger partial charge in [0.05, 0.1) is 0 Å². The van der Waals surface area contributed by atoms with Crippen LogP contribution in [-0.2, 0) is 0 Å². The lowest BCUT2D eigenvalue weighted by Crippen LogP contribution is -2.05. The van der Waals surface area contributed by atoms with Gasteiger partial charge in [0.2, 0.25) is 0 Å². The summed E-state index contributed by atoms with van der Waals surface area (Å²) >= 11 is 0. The van der Waals surface area contributed by atoms with Crippen LogP contribution in [0.4, 0.5) is 0 Å². The molecule has 0 unspecified atom stereocenters. The van der Waals surface area contributed by atoms with Crippen molar-refractivity contribution in [3.05, 3.63) is 146 Å². The van der Waals surface area contributed by atoms with Crippen molar-refractivity contribution in [2.24, 2.45) is 0 Å². The molecule has 3 heterocycles. The Balaban J connectivity index is 1.47. The highest BCUT2D eigenvalue weighted by molar-refractivity contribution is 6.20. The van der Waals surface area contributed by atoms with Gasteiger partial charge in [-0.2, -0.15) is 0 Å². The molecule has 0 saturated carbocycles. The van der Waals surface area contributed by atoms with Crippen molar-refractivity contribution in [2.45, 2.75) is 0 Å². The number of benzene rings is 7. The third kappa shape index (κ3) is 5.78. The lowest BCUT2D eigenvalue weighted by Gasteiger charge is -2.18. The standard InChI is InChI=1S/C48H30N6O6/c55-31-19-7-1-13-25(31)37-38(26-14-2-8-20-32(26)56)50-44-43(49-37)45-47(53-40(28-16-4-10-22-34(28)58)39(51-45)27-15-3-9-21-33(27)57)48-46(44)52-41(29-17-5-11-23-35(29)59)42(54-48)30-18-6-12-24-36(30)60/h1-24,55-60H. The van der Waals surface area contributed by atoms with Crippen molar-refractivity contribution in [1.29, 1.82) is 0 Å². The van der Waals surface area contributed by atoms with Crippen molar-refractivity contribution >= 4 is 33.1 Å². The molecule has 0 radical (unpaired) electrons. The molecule has 0 aliphatic rings. The zero-order valence-electron chi connectivity index (χ0n) is 31.2. The number of fused-ring (bicyclic) bond motifs is 6. The van der Waals surface area contributed by atoms with E-state index in [1.807, 2.05) is 0 Å². The van der Waals surface area contributed by atoms with E-state index in [2.05, 4.69) is 0 Å². The number of aromatic nitrogens is 6. The summed E-state index contributed by atoms with van der Waals surface area (Å²) in [5.74, 6) is -0.557. The second kappa shape index (κ2) is 14.1.